The molecule has 0 fully saturated rings. The maximum absolute atomic E-state index is 14.3. The highest BCUT2D eigenvalue weighted by Gasteiger charge is 2.38. The lowest BCUT2D eigenvalue weighted by atomic mass is 9.87. The van der Waals surface area contributed by atoms with Crippen LogP contribution in [0.4, 0.5) is 0 Å². The number of fused-ring (bicyclic) bond motifs is 1. The van der Waals surface area contributed by atoms with Crippen LogP contribution >= 0.6 is 34.8 Å². The first-order valence-electron chi connectivity index (χ1n) is 11.6. The molecule has 1 aliphatic rings. The number of rotatable bonds is 5. The molecule has 1 aliphatic heterocycles. The van der Waals surface area contributed by atoms with Gasteiger partial charge in [-0.05, 0) is 60.4 Å². The van der Waals surface area contributed by atoms with Gasteiger partial charge in [-0.3, -0.25) is 4.79 Å². The van der Waals surface area contributed by atoms with Crippen molar-refractivity contribution in [3.05, 3.63) is 97.7 Å². The largest absolute Gasteiger partial charge is 0.493 e. The highest BCUT2D eigenvalue weighted by Crippen LogP contribution is 2.44. The highest BCUT2D eigenvalue weighted by molar-refractivity contribution is 6.39. The first kappa shape index (κ1) is 25.5. The van der Waals surface area contributed by atoms with Crippen LogP contribution < -0.4 is 9.47 Å². The number of nitrogens with zero attached hydrogens (tertiary/aromatic N) is 2. The topological polar surface area (TPSA) is 64.8 Å². The van der Waals surface area contributed by atoms with Gasteiger partial charge in [0.25, 0.3) is 5.91 Å². The Balaban J connectivity index is 1.69. The van der Waals surface area contributed by atoms with Gasteiger partial charge in [-0.1, -0.05) is 64.2 Å². The van der Waals surface area contributed by atoms with Crippen molar-refractivity contribution in [2.45, 2.75) is 19.4 Å². The Morgan fingerprint density at radius 1 is 0.946 bits per heavy atom. The van der Waals surface area contributed by atoms with E-state index in [0.29, 0.717) is 62.1 Å². The van der Waals surface area contributed by atoms with E-state index in [1.165, 1.54) is 0 Å². The number of halogens is 3. The van der Waals surface area contributed by atoms with Crippen molar-refractivity contribution < 1.29 is 18.8 Å². The summed E-state index contributed by atoms with van der Waals surface area (Å²) in [5.41, 5.74) is 3.78. The van der Waals surface area contributed by atoms with Crippen LogP contribution in [0.5, 0.6) is 11.5 Å². The average molecular weight is 558 g/mol. The molecule has 9 heteroatoms. The zero-order valence-electron chi connectivity index (χ0n) is 20.3. The van der Waals surface area contributed by atoms with Crippen LogP contribution in [0.15, 0.2) is 59.1 Å². The van der Waals surface area contributed by atoms with E-state index in [1.54, 1.807) is 44.2 Å². The molecule has 0 saturated carbocycles. The molecule has 0 bridgehead atoms. The molecule has 1 aromatic heterocycles. The van der Waals surface area contributed by atoms with Crippen molar-refractivity contribution in [3.63, 3.8) is 0 Å². The van der Waals surface area contributed by atoms with Crippen LogP contribution in [0.25, 0.3) is 11.3 Å². The maximum Gasteiger partial charge on any atom is 0.260 e. The van der Waals surface area contributed by atoms with E-state index in [2.05, 4.69) is 5.16 Å². The molecule has 190 valence electrons. The van der Waals surface area contributed by atoms with Crippen molar-refractivity contribution in [1.29, 1.82) is 0 Å². The zero-order chi connectivity index (χ0) is 26.3. The first-order chi connectivity index (χ1) is 17.8. The molecule has 0 radical (unpaired) electrons. The number of aryl methyl sites for hydroxylation is 1. The van der Waals surface area contributed by atoms with Crippen LogP contribution in [0.2, 0.25) is 15.1 Å². The second-order valence-electron chi connectivity index (χ2n) is 8.64. The van der Waals surface area contributed by atoms with E-state index in [4.69, 9.17) is 48.8 Å². The van der Waals surface area contributed by atoms with E-state index in [0.717, 1.165) is 16.7 Å². The predicted molar refractivity (Wildman–Crippen MR) is 144 cm³/mol. The zero-order valence-corrected chi connectivity index (χ0v) is 22.6. The minimum Gasteiger partial charge on any atom is -0.493 e. The number of carbonyl (C=O) groups is 1. The van der Waals surface area contributed by atoms with Crippen molar-refractivity contribution in [2.75, 3.05) is 20.8 Å². The summed E-state index contributed by atoms with van der Waals surface area (Å²) in [6.45, 7) is 2.13. The van der Waals surface area contributed by atoms with Crippen LogP contribution in [-0.2, 0) is 6.42 Å². The Morgan fingerprint density at radius 3 is 2.27 bits per heavy atom. The Bertz CT molecular complexity index is 1480. The van der Waals surface area contributed by atoms with Crippen molar-refractivity contribution in [1.82, 2.24) is 10.1 Å². The van der Waals surface area contributed by atoms with E-state index in [-0.39, 0.29) is 5.91 Å². The van der Waals surface area contributed by atoms with Gasteiger partial charge in [-0.15, -0.1) is 0 Å². The number of benzene rings is 3. The second-order valence-corrected chi connectivity index (χ2v) is 9.86. The minimum atomic E-state index is -0.492. The van der Waals surface area contributed by atoms with Gasteiger partial charge in [0.15, 0.2) is 11.5 Å². The predicted octanol–water partition coefficient (Wildman–Crippen LogP) is 7.42. The van der Waals surface area contributed by atoms with E-state index in [1.807, 2.05) is 36.4 Å². The van der Waals surface area contributed by atoms with Crippen molar-refractivity contribution in [3.8, 4) is 22.8 Å². The fourth-order valence-electron chi connectivity index (χ4n) is 4.86. The molecule has 1 unspecified atom stereocenters. The smallest absolute Gasteiger partial charge is 0.260 e. The Morgan fingerprint density at radius 2 is 1.59 bits per heavy atom. The van der Waals surface area contributed by atoms with Gasteiger partial charge in [0.05, 0.1) is 30.3 Å². The van der Waals surface area contributed by atoms with Gasteiger partial charge in [0.2, 0.25) is 0 Å². The summed E-state index contributed by atoms with van der Waals surface area (Å²) >= 11 is 19.6. The number of carbonyl (C=O) groups excluding carboxylic acids is 1. The van der Waals surface area contributed by atoms with Crippen molar-refractivity contribution >= 4 is 40.7 Å². The van der Waals surface area contributed by atoms with Gasteiger partial charge in [-0.25, -0.2) is 0 Å². The molecule has 37 heavy (non-hydrogen) atoms. The maximum atomic E-state index is 14.3. The lowest BCUT2D eigenvalue weighted by Gasteiger charge is -2.38. The molecule has 6 nitrogen and oxygen atoms in total. The fourth-order valence-corrected chi connectivity index (χ4v) is 5.67. The summed E-state index contributed by atoms with van der Waals surface area (Å²) in [6.07, 6.45) is 0.606. The molecule has 0 saturated heterocycles. The normalized spacial score (nSPS) is 14.9. The SMILES string of the molecule is COc1cc2c(cc1OC)C(c1ccccc1Cl)N(C(=O)c1c(-c3c(Cl)cccc3Cl)noc1C)CC2. The van der Waals surface area contributed by atoms with Gasteiger partial charge in [0, 0.05) is 17.1 Å². The molecule has 2 heterocycles. The molecule has 0 aliphatic carbocycles. The minimum absolute atomic E-state index is 0.268. The molecule has 4 aromatic rings. The second kappa shape index (κ2) is 10.3. The Labute approximate surface area is 229 Å². The third-order valence-corrected chi connectivity index (χ3v) is 7.58. The number of hydrogen-bond acceptors (Lipinski definition) is 5. The molecule has 0 spiro atoms. The van der Waals surface area contributed by atoms with Gasteiger partial charge >= 0.3 is 0 Å². The van der Waals surface area contributed by atoms with E-state index >= 15 is 0 Å². The molecule has 1 amide bonds. The van der Waals surface area contributed by atoms with Crippen LogP contribution in [-0.4, -0.2) is 36.7 Å². The summed E-state index contributed by atoms with van der Waals surface area (Å²) < 4.78 is 16.6. The standard InChI is InChI=1S/C28H23Cl3N2O4/c1-15-24(26(32-37-15)25-20(30)9-6-10-21(25)31)28(34)33-12-11-16-13-22(35-2)23(36-3)14-18(16)27(33)17-7-4-5-8-19(17)29/h4-10,13-14,27H,11-12H2,1-3H3. The average Bonchev–Trinajstić information content (AvgIpc) is 3.27. The number of methoxy groups -OCH3 is 2. The summed E-state index contributed by atoms with van der Waals surface area (Å²) in [4.78, 5) is 16.1. The van der Waals surface area contributed by atoms with Gasteiger partial charge < -0.3 is 18.9 Å². The van der Waals surface area contributed by atoms with Crippen molar-refractivity contribution in [2.24, 2.45) is 0 Å². The van der Waals surface area contributed by atoms with E-state index < -0.39 is 6.04 Å². The molecule has 3 aromatic carbocycles. The Hall–Kier alpha value is -3.19. The lowest BCUT2D eigenvalue weighted by Crippen LogP contribution is -2.41. The molecule has 1 atom stereocenters. The molecule has 0 N–H and O–H groups in total. The fraction of sp³-hybridized carbons (Fsp3) is 0.214. The van der Waals surface area contributed by atoms with Crippen LogP contribution in [0.1, 0.15) is 38.9 Å². The van der Waals surface area contributed by atoms with Gasteiger partial charge in [0.1, 0.15) is 17.0 Å². The van der Waals surface area contributed by atoms with E-state index in [9.17, 15) is 4.79 Å². The number of aromatic nitrogens is 1. The summed E-state index contributed by atoms with van der Waals surface area (Å²) in [5, 5.41) is 5.47. The first-order valence-corrected chi connectivity index (χ1v) is 12.7. The summed E-state index contributed by atoms with van der Waals surface area (Å²) in [5.74, 6) is 1.30. The molecular weight excluding hydrogens is 535 g/mol. The highest BCUT2D eigenvalue weighted by atomic mass is 35.5. The van der Waals surface area contributed by atoms with Crippen LogP contribution in [0, 0.1) is 6.92 Å². The lowest BCUT2D eigenvalue weighted by molar-refractivity contribution is 0.0693. The third-order valence-electron chi connectivity index (χ3n) is 6.61. The molecule has 5 rings (SSSR count). The summed E-state index contributed by atoms with van der Waals surface area (Å²) in [7, 11) is 3.19. The molecular formula is C28H23Cl3N2O4. The number of amides is 1. The quantitative estimate of drug-likeness (QED) is 0.256. The number of hydrogen-bond donors (Lipinski definition) is 0. The number of ether oxygens (including phenoxy) is 2. The monoisotopic (exact) mass is 556 g/mol. The summed E-state index contributed by atoms with van der Waals surface area (Å²) in [6, 6.07) is 16.0. The third kappa shape index (κ3) is 4.43. The van der Waals surface area contributed by atoms with Crippen LogP contribution in [0.3, 0.4) is 0 Å². The Kier molecular flexibility index (Phi) is 7.08. The van der Waals surface area contributed by atoms with Gasteiger partial charge in [-0.2, -0.15) is 0 Å².